The average Bonchev–Trinajstić information content (AvgIpc) is 2.16. The molecule has 0 spiro atoms. The Hall–Kier alpha value is -1.21. The van der Waals surface area contributed by atoms with Gasteiger partial charge in [0.2, 0.25) is 0 Å². The fourth-order valence-corrected chi connectivity index (χ4v) is 1.22. The molecule has 0 bridgehead atoms. The largest absolute Gasteiger partial charge is 0.420 e. The van der Waals surface area contributed by atoms with Crippen LogP contribution in [0.3, 0.4) is 0 Å². The Morgan fingerprint density at radius 3 is 2.50 bits per heavy atom. The van der Waals surface area contributed by atoms with E-state index in [1.165, 1.54) is 6.07 Å². The number of halogens is 5. The van der Waals surface area contributed by atoms with Crippen molar-refractivity contribution in [3.05, 3.63) is 35.1 Å². The molecule has 1 aromatic rings. The molecular weight excluding hydrogens is 244 g/mol. The van der Waals surface area contributed by atoms with Crippen LogP contribution in [0.5, 0.6) is 0 Å². The standard InChI is InChI=1S/C11H7ClF4/c12-7-2-1-4-8-5-3-6-9(13)10(8)11(14,15)16/h3,5-6H,2,7H2. The summed E-state index contributed by atoms with van der Waals surface area (Å²) >= 11 is 5.33. The number of alkyl halides is 4. The highest BCUT2D eigenvalue weighted by Gasteiger charge is 2.36. The van der Waals surface area contributed by atoms with Gasteiger partial charge in [-0.25, -0.2) is 4.39 Å². The fourth-order valence-electron chi connectivity index (χ4n) is 1.12. The van der Waals surface area contributed by atoms with E-state index in [1.54, 1.807) is 0 Å². The Balaban J connectivity index is 3.20. The summed E-state index contributed by atoms with van der Waals surface area (Å²) in [5.41, 5.74) is -1.69. The lowest BCUT2D eigenvalue weighted by molar-refractivity contribution is -0.140. The lowest BCUT2D eigenvalue weighted by Crippen LogP contribution is -2.10. The highest BCUT2D eigenvalue weighted by Crippen LogP contribution is 2.33. The monoisotopic (exact) mass is 250 g/mol. The van der Waals surface area contributed by atoms with Crippen molar-refractivity contribution in [2.24, 2.45) is 0 Å². The number of hydrogen-bond donors (Lipinski definition) is 0. The topological polar surface area (TPSA) is 0 Å². The van der Waals surface area contributed by atoms with Gasteiger partial charge in [-0.15, -0.1) is 11.6 Å². The molecule has 0 aromatic heterocycles. The third kappa shape index (κ3) is 3.14. The van der Waals surface area contributed by atoms with E-state index in [1.807, 2.05) is 0 Å². The van der Waals surface area contributed by atoms with E-state index in [-0.39, 0.29) is 17.9 Å². The molecule has 0 unspecified atom stereocenters. The molecule has 1 rings (SSSR count). The molecule has 16 heavy (non-hydrogen) atoms. The van der Waals surface area contributed by atoms with Crippen LogP contribution >= 0.6 is 11.6 Å². The summed E-state index contributed by atoms with van der Waals surface area (Å²) in [5, 5.41) is 0. The molecule has 5 heteroatoms. The minimum atomic E-state index is -4.74. The minimum Gasteiger partial charge on any atom is -0.206 e. The van der Waals surface area contributed by atoms with Gasteiger partial charge >= 0.3 is 6.18 Å². The van der Waals surface area contributed by atoms with E-state index in [4.69, 9.17) is 11.6 Å². The first-order chi connectivity index (χ1) is 7.46. The van der Waals surface area contributed by atoms with E-state index < -0.39 is 17.6 Å². The minimum absolute atomic E-state index is 0.226. The molecule has 0 amide bonds. The Bertz CT molecular complexity index is 426. The molecule has 0 saturated carbocycles. The molecule has 0 aliphatic rings. The molecule has 0 radical (unpaired) electrons. The summed E-state index contributed by atoms with van der Waals surface area (Å²) in [6.45, 7) is 0. The van der Waals surface area contributed by atoms with Crippen molar-refractivity contribution >= 4 is 11.6 Å². The Morgan fingerprint density at radius 2 is 1.94 bits per heavy atom. The molecule has 0 aliphatic carbocycles. The SMILES string of the molecule is Fc1cccc(C#CCCCl)c1C(F)(F)F. The summed E-state index contributed by atoms with van der Waals surface area (Å²) in [7, 11) is 0. The Morgan fingerprint density at radius 1 is 1.25 bits per heavy atom. The van der Waals surface area contributed by atoms with Crippen LogP contribution in [0.2, 0.25) is 0 Å². The van der Waals surface area contributed by atoms with Crippen molar-refractivity contribution in [2.45, 2.75) is 12.6 Å². The Labute approximate surface area is 95.2 Å². The maximum absolute atomic E-state index is 13.0. The van der Waals surface area contributed by atoms with Crippen molar-refractivity contribution in [1.82, 2.24) is 0 Å². The van der Waals surface area contributed by atoms with Crippen LogP contribution < -0.4 is 0 Å². The van der Waals surface area contributed by atoms with Gasteiger partial charge in [-0.2, -0.15) is 13.2 Å². The van der Waals surface area contributed by atoms with Gasteiger partial charge < -0.3 is 0 Å². The first kappa shape index (κ1) is 12.9. The van der Waals surface area contributed by atoms with Gasteiger partial charge in [-0.05, 0) is 12.1 Å². The van der Waals surface area contributed by atoms with Crippen LogP contribution in [0, 0.1) is 17.7 Å². The van der Waals surface area contributed by atoms with Gasteiger partial charge in [0.1, 0.15) is 11.4 Å². The average molecular weight is 251 g/mol. The summed E-state index contributed by atoms with van der Waals surface area (Å²) in [5.74, 6) is 3.62. The maximum atomic E-state index is 13.0. The van der Waals surface area contributed by atoms with Gasteiger partial charge in [0.05, 0.1) is 0 Å². The predicted molar refractivity (Wildman–Crippen MR) is 53.6 cm³/mol. The third-order valence-corrected chi connectivity index (χ3v) is 1.93. The highest BCUT2D eigenvalue weighted by atomic mass is 35.5. The fraction of sp³-hybridized carbons (Fsp3) is 0.273. The van der Waals surface area contributed by atoms with Gasteiger partial charge in [-0.1, -0.05) is 17.9 Å². The first-order valence-corrected chi connectivity index (χ1v) is 4.91. The van der Waals surface area contributed by atoms with E-state index >= 15 is 0 Å². The van der Waals surface area contributed by atoms with Crippen LogP contribution in [-0.2, 0) is 6.18 Å². The van der Waals surface area contributed by atoms with E-state index in [9.17, 15) is 17.6 Å². The van der Waals surface area contributed by atoms with Crippen molar-refractivity contribution in [1.29, 1.82) is 0 Å². The van der Waals surface area contributed by atoms with Crippen LogP contribution in [0.4, 0.5) is 17.6 Å². The van der Waals surface area contributed by atoms with Crippen LogP contribution in [0.1, 0.15) is 17.5 Å². The van der Waals surface area contributed by atoms with Crippen molar-refractivity contribution < 1.29 is 17.6 Å². The lowest BCUT2D eigenvalue weighted by Gasteiger charge is -2.09. The van der Waals surface area contributed by atoms with Gasteiger partial charge in [0.15, 0.2) is 0 Å². The second-order valence-corrected chi connectivity index (χ2v) is 3.28. The number of rotatable bonds is 1. The summed E-state index contributed by atoms with van der Waals surface area (Å²) in [4.78, 5) is 0. The molecular formula is C11H7ClF4. The van der Waals surface area contributed by atoms with Gasteiger partial charge in [-0.3, -0.25) is 0 Å². The van der Waals surface area contributed by atoms with Crippen molar-refractivity contribution in [2.75, 3.05) is 5.88 Å². The highest BCUT2D eigenvalue weighted by molar-refractivity contribution is 6.18. The van der Waals surface area contributed by atoms with Crippen LogP contribution in [-0.4, -0.2) is 5.88 Å². The van der Waals surface area contributed by atoms with E-state index in [0.717, 1.165) is 12.1 Å². The lowest BCUT2D eigenvalue weighted by atomic mass is 10.1. The first-order valence-electron chi connectivity index (χ1n) is 4.37. The van der Waals surface area contributed by atoms with Gasteiger partial charge in [0, 0.05) is 17.9 Å². The molecule has 0 nitrogen and oxygen atoms in total. The van der Waals surface area contributed by atoms with Gasteiger partial charge in [0.25, 0.3) is 0 Å². The molecule has 0 aliphatic heterocycles. The zero-order valence-electron chi connectivity index (χ0n) is 8.04. The molecule has 0 heterocycles. The maximum Gasteiger partial charge on any atom is 0.420 e. The smallest absolute Gasteiger partial charge is 0.206 e. The van der Waals surface area contributed by atoms with Crippen LogP contribution in [0.15, 0.2) is 18.2 Å². The quantitative estimate of drug-likeness (QED) is 0.404. The second-order valence-electron chi connectivity index (χ2n) is 2.90. The number of hydrogen-bond acceptors (Lipinski definition) is 0. The molecule has 86 valence electrons. The normalized spacial score (nSPS) is 10.8. The molecule has 1 aromatic carbocycles. The Kier molecular flexibility index (Phi) is 4.19. The molecule has 0 fully saturated rings. The summed E-state index contributed by atoms with van der Waals surface area (Å²) < 4.78 is 50.5. The summed E-state index contributed by atoms with van der Waals surface area (Å²) in [6, 6.07) is 3.08. The molecule has 0 saturated heterocycles. The molecule has 0 atom stereocenters. The van der Waals surface area contributed by atoms with Crippen molar-refractivity contribution in [3.8, 4) is 11.8 Å². The molecule has 0 N–H and O–H groups in total. The van der Waals surface area contributed by atoms with E-state index in [2.05, 4.69) is 11.8 Å². The van der Waals surface area contributed by atoms with Crippen molar-refractivity contribution in [3.63, 3.8) is 0 Å². The second kappa shape index (κ2) is 5.22. The third-order valence-electron chi connectivity index (χ3n) is 1.74. The predicted octanol–water partition coefficient (Wildman–Crippen LogP) is 3.82. The summed E-state index contributed by atoms with van der Waals surface area (Å²) in [6.07, 6.45) is -4.48. The zero-order chi connectivity index (χ0) is 12.2. The van der Waals surface area contributed by atoms with Crippen LogP contribution in [0.25, 0.3) is 0 Å². The zero-order valence-corrected chi connectivity index (χ0v) is 8.79. The van der Waals surface area contributed by atoms with E-state index in [0.29, 0.717) is 0 Å². The number of benzene rings is 1.